The number of hydrogen-bond acceptors (Lipinski definition) is 3. The molecule has 0 spiro atoms. The molecule has 0 unspecified atom stereocenters. The van der Waals surface area contributed by atoms with Gasteiger partial charge in [0.25, 0.3) is 0 Å². The minimum Gasteiger partial charge on any atom is -0.477 e. The molecule has 0 aromatic heterocycles. The molecule has 0 aliphatic carbocycles. The third-order valence-electron chi connectivity index (χ3n) is 1.67. The quantitative estimate of drug-likeness (QED) is 0.534. The van der Waals surface area contributed by atoms with Crippen LogP contribution in [0, 0.1) is 11.8 Å². The molecule has 0 heterocycles. The number of aliphatic carboxylic acids is 1. The van der Waals surface area contributed by atoms with E-state index in [0.717, 1.165) is 0 Å². The van der Waals surface area contributed by atoms with Crippen molar-refractivity contribution in [1.29, 1.82) is 0 Å². The molecular formula is C10H18N2O3. The first kappa shape index (κ1) is 13.6. The maximum Gasteiger partial charge on any atom is 0.352 e. The molecule has 0 atom stereocenters. The average Bonchev–Trinajstić information content (AvgIpc) is 2.10. The number of hydrazone groups is 1. The minimum atomic E-state index is -1.09. The molecule has 1 amide bonds. The highest BCUT2D eigenvalue weighted by Crippen LogP contribution is 2.01. The number of carbonyl (C=O) groups is 2. The van der Waals surface area contributed by atoms with Crippen LogP contribution >= 0.6 is 0 Å². The number of carboxylic acid groups (broad SMARTS) is 1. The largest absolute Gasteiger partial charge is 0.477 e. The van der Waals surface area contributed by atoms with Gasteiger partial charge < -0.3 is 5.11 Å². The van der Waals surface area contributed by atoms with Gasteiger partial charge in [-0.05, 0) is 5.92 Å². The monoisotopic (exact) mass is 214 g/mol. The van der Waals surface area contributed by atoms with Crippen molar-refractivity contribution in [2.45, 2.75) is 34.1 Å². The number of amides is 1. The lowest BCUT2D eigenvalue weighted by atomic mass is 10.1. The van der Waals surface area contributed by atoms with E-state index in [1.165, 1.54) is 0 Å². The summed E-state index contributed by atoms with van der Waals surface area (Å²) in [6.07, 6.45) is 0.341. The Morgan fingerprint density at radius 3 is 2.13 bits per heavy atom. The zero-order valence-electron chi connectivity index (χ0n) is 9.57. The SMILES string of the molecule is CC(C)CC(=NNC(=O)C(C)C)C(=O)O. The Hall–Kier alpha value is -1.39. The van der Waals surface area contributed by atoms with Crippen LogP contribution in [0.5, 0.6) is 0 Å². The lowest BCUT2D eigenvalue weighted by Gasteiger charge is -2.06. The van der Waals surface area contributed by atoms with Gasteiger partial charge in [0.05, 0.1) is 0 Å². The molecule has 0 radical (unpaired) electrons. The highest BCUT2D eigenvalue weighted by atomic mass is 16.4. The number of carbonyl (C=O) groups excluding carboxylic acids is 1. The van der Waals surface area contributed by atoms with Crippen molar-refractivity contribution in [3.05, 3.63) is 0 Å². The highest BCUT2D eigenvalue weighted by molar-refractivity contribution is 6.35. The molecule has 0 saturated carbocycles. The zero-order valence-corrected chi connectivity index (χ0v) is 9.57. The average molecular weight is 214 g/mol. The molecule has 15 heavy (non-hydrogen) atoms. The summed E-state index contributed by atoms with van der Waals surface area (Å²) in [6.45, 7) is 7.22. The molecule has 86 valence electrons. The van der Waals surface area contributed by atoms with Crippen LogP contribution in [0.1, 0.15) is 34.1 Å². The molecule has 0 saturated heterocycles. The smallest absolute Gasteiger partial charge is 0.352 e. The van der Waals surface area contributed by atoms with Crippen molar-refractivity contribution < 1.29 is 14.7 Å². The third-order valence-corrected chi connectivity index (χ3v) is 1.67. The molecule has 0 aliphatic heterocycles. The Morgan fingerprint density at radius 1 is 1.27 bits per heavy atom. The van der Waals surface area contributed by atoms with Crippen molar-refractivity contribution in [3.8, 4) is 0 Å². The Morgan fingerprint density at radius 2 is 1.80 bits per heavy atom. The number of carboxylic acids is 1. The predicted octanol–water partition coefficient (Wildman–Crippen LogP) is 1.25. The summed E-state index contributed by atoms with van der Waals surface area (Å²) in [5.74, 6) is -1.39. The highest BCUT2D eigenvalue weighted by Gasteiger charge is 2.13. The van der Waals surface area contributed by atoms with Gasteiger partial charge in [0.1, 0.15) is 5.71 Å². The van der Waals surface area contributed by atoms with Crippen molar-refractivity contribution in [3.63, 3.8) is 0 Å². The van der Waals surface area contributed by atoms with E-state index in [1.54, 1.807) is 13.8 Å². The summed E-state index contributed by atoms with van der Waals surface area (Å²) < 4.78 is 0. The van der Waals surface area contributed by atoms with Gasteiger partial charge in [-0.2, -0.15) is 5.10 Å². The fourth-order valence-electron chi connectivity index (χ4n) is 0.819. The fraction of sp³-hybridized carbons (Fsp3) is 0.700. The summed E-state index contributed by atoms with van der Waals surface area (Å²) in [5.41, 5.74) is 2.22. The van der Waals surface area contributed by atoms with Gasteiger partial charge in [-0.1, -0.05) is 27.7 Å². The summed E-state index contributed by atoms with van der Waals surface area (Å²) in [4.78, 5) is 21.9. The van der Waals surface area contributed by atoms with E-state index in [9.17, 15) is 9.59 Å². The molecule has 0 fully saturated rings. The summed E-state index contributed by atoms with van der Waals surface area (Å²) in [6, 6.07) is 0. The third kappa shape index (κ3) is 5.83. The molecule has 5 nitrogen and oxygen atoms in total. The maximum atomic E-state index is 11.1. The molecular weight excluding hydrogens is 196 g/mol. The second kappa shape index (κ2) is 6.16. The zero-order chi connectivity index (χ0) is 12.0. The van der Waals surface area contributed by atoms with E-state index in [4.69, 9.17) is 5.11 Å². The van der Waals surface area contributed by atoms with Gasteiger partial charge in [-0.3, -0.25) is 4.79 Å². The molecule has 0 bridgehead atoms. The van der Waals surface area contributed by atoms with E-state index >= 15 is 0 Å². The van der Waals surface area contributed by atoms with E-state index < -0.39 is 5.97 Å². The van der Waals surface area contributed by atoms with Crippen LogP contribution in [0.3, 0.4) is 0 Å². The Balaban J connectivity index is 4.43. The summed E-state index contributed by atoms with van der Waals surface area (Å²) in [7, 11) is 0. The van der Waals surface area contributed by atoms with Crippen LogP contribution in [-0.2, 0) is 9.59 Å². The first-order valence-electron chi connectivity index (χ1n) is 4.94. The maximum absolute atomic E-state index is 11.1. The topological polar surface area (TPSA) is 78.8 Å². The lowest BCUT2D eigenvalue weighted by Crippen LogP contribution is -2.27. The standard InChI is InChI=1S/C10H18N2O3/c1-6(2)5-8(10(14)15)11-12-9(13)7(3)4/h6-7H,5H2,1-4H3,(H,12,13)(H,14,15). The van der Waals surface area contributed by atoms with Crippen LogP contribution in [0.4, 0.5) is 0 Å². The molecule has 5 heteroatoms. The number of nitrogens with zero attached hydrogens (tertiary/aromatic N) is 1. The molecule has 0 rings (SSSR count). The predicted molar refractivity (Wildman–Crippen MR) is 57.5 cm³/mol. The van der Waals surface area contributed by atoms with E-state index in [2.05, 4.69) is 10.5 Å². The normalized spacial score (nSPS) is 12.0. The fourth-order valence-corrected chi connectivity index (χ4v) is 0.819. The second-order valence-electron chi connectivity index (χ2n) is 4.09. The first-order valence-corrected chi connectivity index (χ1v) is 4.94. The lowest BCUT2D eigenvalue weighted by molar-refractivity contribution is -0.129. The van der Waals surface area contributed by atoms with Gasteiger partial charge in [-0.25, -0.2) is 10.2 Å². The Kier molecular flexibility index (Phi) is 5.59. The molecule has 0 aromatic carbocycles. The van der Waals surface area contributed by atoms with Crippen molar-refractivity contribution >= 4 is 17.6 Å². The molecule has 0 aliphatic rings. The summed E-state index contributed by atoms with van der Waals surface area (Å²) >= 11 is 0. The van der Waals surface area contributed by atoms with Crippen molar-refractivity contribution in [2.24, 2.45) is 16.9 Å². The Bertz CT molecular complexity index is 270. The van der Waals surface area contributed by atoms with Gasteiger partial charge in [0.2, 0.25) is 5.91 Å². The van der Waals surface area contributed by atoms with Crippen LogP contribution in [0.2, 0.25) is 0 Å². The summed E-state index contributed by atoms with van der Waals surface area (Å²) in [5, 5.41) is 12.4. The number of nitrogens with one attached hydrogen (secondary N) is 1. The van der Waals surface area contributed by atoms with E-state index in [0.29, 0.717) is 6.42 Å². The van der Waals surface area contributed by atoms with Gasteiger partial charge in [0, 0.05) is 12.3 Å². The van der Waals surface area contributed by atoms with Crippen LogP contribution in [0.25, 0.3) is 0 Å². The van der Waals surface area contributed by atoms with E-state index in [1.807, 2.05) is 13.8 Å². The molecule has 2 N–H and O–H groups in total. The van der Waals surface area contributed by atoms with Crippen molar-refractivity contribution in [1.82, 2.24) is 5.43 Å². The number of rotatable bonds is 5. The van der Waals surface area contributed by atoms with Crippen LogP contribution in [-0.4, -0.2) is 22.7 Å². The molecule has 0 aromatic rings. The number of hydrogen-bond donors (Lipinski definition) is 2. The minimum absolute atomic E-state index is 0.0148. The van der Waals surface area contributed by atoms with Crippen LogP contribution < -0.4 is 5.43 Å². The van der Waals surface area contributed by atoms with Crippen LogP contribution in [0.15, 0.2) is 5.10 Å². The van der Waals surface area contributed by atoms with E-state index in [-0.39, 0.29) is 23.5 Å². The Labute approximate surface area is 89.6 Å². The van der Waals surface area contributed by atoms with Gasteiger partial charge >= 0.3 is 5.97 Å². The van der Waals surface area contributed by atoms with Gasteiger partial charge in [-0.15, -0.1) is 0 Å². The van der Waals surface area contributed by atoms with Gasteiger partial charge in [0.15, 0.2) is 0 Å². The first-order chi connectivity index (χ1) is 6.84. The van der Waals surface area contributed by atoms with Crippen molar-refractivity contribution in [2.75, 3.05) is 0 Å². The second-order valence-corrected chi connectivity index (χ2v) is 4.09.